The Hall–Kier alpha value is -4.59. The predicted octanol–water partition coefficient (Wildman–Crippen LogP) is 4.03. The first-order chi connectivity index (χ1) is 16.1. The Morgan fingerprint density at radius 3 is 2.48 bits per heavy atom. The van der Waals surface area contributed by atoms with E-state index in [0.717, 1.165) is 27.1 Å². The van der Waals surface area contributed by atoms with Crippen LogP contribution in [0.3, 0.4) is 0 Å². The number of imide groups is 1. The molecule has 3 heterocycles. The number of benzene rings is 3. The fourth-order valence-electron chi connectivity index (χ4n) is 4.04. The summed E-state index contributed by atoms with van der Waals surface area (Å²) in [5, 5.41) is 4.09. The Balaban J connectivity index is 1.24. The lowest BCUT2D eigenvalue weighted by molar-refractivity contribution is 0.0693. The third kappa shape index (κ3) is 3.11. The highest BCUT2D eigenvalue weighted by Crippen LogP contribution is 2.28. The highest BCUT2D eigenvalue weighted by molar-refractivity contribution is 6.21. The van der Waals surface area contributed by atoms with Gasteiger partial charge in [0, 0.05) is 24.7 Å². The van der Waals surface area contributed by atoms with Gasteiger partial charge < -0.3 is 9.09 Å². The SMILES string of the molecule is CN1C(=O)c2ccc(-c3nc(-c4ccc(Cn5cnc6ccccc65)cc4)no3)cc2C1=O. The molecule has 0 spiro atoms. The van der Waals surface area contributed by atoms with Crippen molar-refractivity contribution in [2.24, 2.45) is 0 Å². The van der Waals surface area contributed by atoms with Crippen LogP contribution in [0.25, 0.3) is 33.9 Å². The van der Waals surface area contributed by atoms with Gasteiger partial charge in [-0.15, -0.1) is 0 Å². The van der Waals surface area contributed by atoms with Crippen LogP contribution in [0.2, 0.25) is 0 Å². The van der Waals surface area contributed by atoms with Crippen LogP contribution >= 0.6 is 0 Å². The van der Waals surface area contributed by atoms with Gasteiger partial charge >= 0.3 is 0 Å². The maximum Gasteiger partial charge on any atom is 0.261 e. The summed E-state index contributed by atoms with van der Waals surface area (Å²) in [6.45, 7) is 0.703. The second-order valence-corrected chi connectivity index (χ2v) is 7.91. The second kappa shape index (κ2) is 7.23. The minimum atomic E-state index is -0.335. The molecule has 8 nitrogen and oxygen atoms in total. The molecular weight excluding hydrogens is 418 g/mol. The van der Waals surface area contributed by atoms with E-state index in [1.807, 2.05) is 48.8 Å². The molecule has 5 aromatic rings. The molecule has 160 valence electrons. The van der Waals surface area contributed by atoms with Gasteiger partial charge in [-0.1, -0.05) is 41.6 Å². The van der Waals surface area contributed by atoms with Gasteiger partial charge in [-0.3, -0.25) is 14.5 Å². The van der Waals surface area contributed by atoms with Crippen molar-refractivity contribution in [3.05, 3.63) is 89.7 Å². The number of hydrogen-bond donors (Lipinski definition) is 0. The van der Waals surface area contributed by atoms with Gasteiger partial charge in [-0.25, -0.2) is 4.98 Å². The lowest BCUT2D eigenvalue weighted by Gasteiger charge is -2.05. The average molecular weight is 435 g/mol. The van der Waals surface area contributed by atoms with E-state index in [4.69, 9.17) is 4.52 Å². The number of aromatic nitrogens is 4. The van der Waals surface area contributed by atoms with Crippen LogP contribution in [-0.2, 0) is 6.54 Å². The number of fused-ring (bicyclic) bond motifs is 2. The third-order valence-electron chi connectivity index (χ3n) is 5.86. The fourth-order valence-corrected chi connectivity index (χ4v) is 4.04. The Morgan fingerprint density at radius 1 is 0.879 bits per heavy atom. The lowest BCUT2D eigenvalue weighted by Crippen LogP contribution is -2.24. The number of carbonyl (C=O) groups is 2. The number of hydrogen-bond acceptors (Lipinski definition) is 6. The molecule has 0 unspecified atom stereocenters. The topological polar surface area (TPSA) is 94.1 Å². The molecule has 33 heavy (non-hydrogen) atoms. The molecule has 0 saturated heterocycles. The van der Waals surface area contributed by atoms with Gasteiger partial charge in [0.15, 0.2) is 0 Å². The molecule has 0 bridgehead atoms. The van der Waals surface area contributed by atoms with E-state index in [-0.39, 0.29) is 17.7 Å². The van der Waals surface area contributed by atoms with E-state index in [1.54, 1.807) is 18.2 Å². The van der Waals surface area contributed by atoms with Crippen LogP contribution in [0.4, 0.5) is 0 Å². The second-order valence-electron chi connectivity index (χ2n) is 7.91. The standard InChI is InChI=1S/C25H17N5O3/c1-29-24(31)18-11-10-17(12-19(18)25(29)32)23-27-22(28-33-23)16-8-6-15(7-9-16)13-30-14-26-20-4-2-3-5-21(20)30/h2-12,14H,13H2,1H3. The molecule has 0 fully saturated rings. The summed E-state index contributed by atoms with van der Waals surface area (Å²) in [5.41, 5.74) is 5.31. The number of imidazole rings is 1. The first-order valence-electron chi connectivity index (χ1n) is 10.4. The van der Waals surface area contributed by atoms with Crippen molar-refractivity contribution >= 4 is 22.8 Å². The van der Waals surface area contributed by atoms with E-state index in [1.165, 1.54) is 7.05 Å². The van der Waals surface area contributed by atoms with Crippen molar-refractivity contribution in [2.45, 2.75) is 6.54 Å². The minimum absolute atomic E-state index is 0.288. The minimum Gasteiger partial charge on any atom is -0.334 e. The molecule has 0 atom stereocenters. The lowest BCUT2D eigenvalue weighted by atomic mass is 10.1. The number of nitrogens with zero attached hydrogens (tertiary/aromatic N) is 5. The van der Waals surface area contributed by atoms with Crippen molar-refractivity contribution in [1.29, 1.82) is 0 Å². The summed E-state index contributed by atoms with van der Waals surface area (Å²) in [5.74, 6) is 0.0932. The molecule has 1 aliphatic heterocycles. The van der Waals surface area contributed by atoms with Crippen LogP contribution < -0.4 is 0 Å². The maximum absolute atomic E-state index is 12.3. The number of para-hydroxylation sites is 2. The zero-order valence-electron chi connectivity index (χ0n) is 17.6. The zero-order valence-corrected chi connectivity index (χ0v) is 17.6. The molecule has 0 aliphatic carbocycles. The Labute approximate surface area is 188 Å². The van der Waals surface area contributed by atoms with E-state index < -0.39 is 0 Å². The van der Waals surface area contributed by atoms with Crippen LogP contribution in [0.1, 0.15) is 26.3 Å². The summed E-state index contributed by atoms with van der Waals surface area (Å²) < 4.78 is 7.54. The van der Waals surface area contributed by atoms with Crippen molar-refractivity contribution in [3.63, 3.8) is 0 Å². The smallest absolute Gasteiger partial charge is 0.261 e. The molecule has 6 rings (SSSR count). The molecule has 0 N–H and O–H groups in total. The number of carbonyl (C=O) groups excluding carboxylic acids is 2. The van der Waals surface area contributed by atoms with Gasteiger partial charge in [-0.05, 0) is 35.9 Å². The third-order valence-corrected chi connectivity index (χ3v) is 5.86. The first-order valence-corrected chi connectivity index (χ1v) is 10.4. The number of amides is 2. The monoisotopic (exact) mass is 435 g/mol. The molecule has 8 heteroatoms. The molecule has 2 amide bonds. The van der Waals surface area contributed by atoms with Gasteiger partial charge in [0.2, 0.25) is 5.82 Å². The summed E-state index contributed by atoms with van der Waals surface area (Å²) in [6.07, 6.45) is 1.84. The highest BCUT2D eigenvalue weighted by atomic mass is 16.5. The summed E-state index contributed by atoms with van der Waals surface area (Å²) >= 11 is 0. The molecule has 1 aliphatic rings. The normalized spacial score (nSPS) is 13.2. The number of rotatable bonds is 4. The van der Waals surface area contributed by atoms with Gasteiger partial charge in [0.25, 0.3) is 17.7 Å². The van der Waals surface area contributed by atoms with Crippen LogP contribution in [-0.4, -0.2) is 43.5 Å². The Bertz CT molecular complexity index is 1550. The van der Waals surface area contributed by atoms with Gasteiger partial charge in [-0.2, -0.15) is 4.98 Å². The van der Waals surface area contributed by atoms with Crippen LogP contribution in [0.15, 0.2) is 77.6 Å². The van der Waals surface area contributed by atoms with Crippen LogP contribution in [0.5, 0.6) is 0 Å². The molecule has 3 aromatic carbocycles. The largest absolute Gasteiger partial charge is 0.334 e. The Morgan fingerprint density at radius 2 is 1.64 bits per heavy atom. The average Bonchev–Trinajstić information content (AvgIpc) is 3.55. The molecule has 2 aromatic heterocycles. The Kier molecular flexibility index (Phi) is 4.19. The fraction of sp³-hybridized carbons (Fsp3) is 0.0800. The highest BCUT2D eigenvalue weighted by Gasteiger charge is 2.33. The predicted molar refractivity (Wildman–Crippen MR) is 120 cm³/mol. The van der Waals surface area contributed by atoms with Crippen molar-refractivity contribution in [3.8, 4) is 22.8 Å². The molecule has 0 radical (unpaired) electrons. The first kappa shape index (κ1) is 19.1. The zero-order chi connectivity index (χ0) is 22.5. The van der Waals surface area contributed by atoms with E-state index in [0.29, 0.717) is 29.1 Å². The quantitative estimate of drug-likeness (QED) is 0.396. The van der Waals surface area contributed by atoms with Crippen molar-refractivity contribution in [1.82, 2.24) is 24.6 Å². The van der Waals surface area contributed by atoms with Gasteiger partial charge in [0.05, 0.1) is 28.5 Å². The van der Waals surface area contributed by atoms with Crippen LogP contribution in [0, 0.1) is 0 Å². The summed E-state index contributed by atoms with van der Waals surface area (Å²) in [7, 11) is 1.47. The summed E-state index contributed by atoms with van der Waals surface area (Å²) in [4.78, 5) is 34.4. The maximum atomic E-state index is 12.3. The van der Waals surface area contributed by atoms with E-state index >= 15 is 0 Å². The van der Waals surface area contributed by atoms with E-state index in [2.05, 4.69) is 25.8 Å². The van der Waals surface area contributed by atoms with Crippen molar-refractivity contribution < 1.29 is 14.1 Å². The molecule has 0 saturated carbocycles. The van der Waals surface area contributed by atoms with E-state index in [9.17, 15) is 9.59 Å². The van der Waals surface area contributed by atoms with Crippen molar-refractivity contribution in [2.75, 3.05) is 7.05 Å². The summed E-state index contributed by atoms with van der Waals surface area (Å²) in [6, 6.07) is 20.9. The molecular formula is C25H17N5O3. The van der Waals surface area contributed by atoms with Gasteiger partial charge in [0.1, 0.15) is 0 Å².